The van der Waals surface area contributed by atoms with Gasteiger partial charge in [-0.25, -0.2) is 4.98 Å². The first-order valence-corrected chi connectivity index (χ1v) is 10.6. The molecule has 162 valence electrons. The Bertz CT molecular complexity index is 1240. The molecule has 4 heterocycles. The highest BCUT2D eigenvalue weighted by molar-refractivity contribution is 6.00. The molecule has 0 fully saturated rings. The second-order valence-electron chi connectivity index (χ2n) is 7.93. The van der Waals surface area contributed by atoms with Crippen LogP contribution in [0.5, 0.6) is 5.88 Å². The summed E-state index contributed by atoms with van der Waals surface area (Å²) in [4.78, 5) is 19.3. The number of aryl methyl sites for hydroxylation is 2. The third kappa shape index (κ3) is 3.87. The minimum Gasteiger partial charge on any atom is -0.475 e. The van der Waals surface area contributed by atoms with Gasteiger partial charge in [-0.3, -0.25) is 14.2 Å². The lowest BCUT2D eigenvalue weighted by Crippen LogP contribution is -2.23. The molecule has 0 saturated carbocycles. The molecule has 1 aliphatic rings. The maximum Gasteiger partial charge on any atom is 0.260 e. The van der Waals surface area contributed by atoms with Crippen molar-refractivity contribution in [3.63, 3.8) is 0 Å². The summed E-state index contributed by atoms with van der Waals surface area (Å²) >= 11 is 0. The first kappa shape index (κ1) is 20.0. The third-order valence-electron chi connectivity index (χ3n) is 5.63. The molecule has 32 heavy (non-hydrogen) atoms. The molecule has 3 aromatic heterocycles. The molecule has 0 spiro atoms. The summed E-state index contributed by atoms with van der Waals surface area (Å²) < 4.78 is 9.45. The Morgan fingerprint density at radius 1 is 1.12 bits per heavy atom. The van der Waals surface area contributed by atoms with Gasteiger partial charge in [-0.05, 0) is 35.7 Å². The van der Waals surface area contributed by atoms with Crippen LogP contribution < -0.4 is 4.74 Å². The van der Waals surface area contributed by atoms with Gasteiger partial charge >= 0.3 is 0 Å². The number of benzene rings is 1. The van der Waals surface area contributed by atoms with Gasteiger partial charge in [0.1, 0.15) is 12.2 Å². The first-order valence-electron chi connectivity index (χ1n) is 10.6. The Hall–Kier alpha value is -3.94. The van der Waals surface area contributed by atoms with E-state index in [4.69, 9.17) is 4.74 Å². The van der Waals surface area contributed by atoms with E-state index in [0.29, 0.717) is 37.7 Å². The number of rotatable bonds is 7. The number of carbonyl (C=O) groups is 1. The van der Waals surface area contributed by atoms with Crippen LogP contribution in [0.3, 0.4) is 0 Å². The molecule has 8 heteroatoms. The van der Waals surface area contributed by atoms with Crippen LogP contribution >= 0.6 is 0 Å². The van der Waals surface area contributed by atoms with Crippen molar-refractivity contribution in [3.05, 3.63) is 83.6 Å². The highest BCUT2D eigenvalue weighted by Crippen LogP contribution is 2.31. The summed E-state index contributed by atoms with van der Waals surface area (Å²) in [7, 11) is 1.92. The Morgan fingerprint density at radius 2 is 1.97 bits per heavy atom. The molecule has 1 aromatic carbocycles. The van der Waals surface area contributed by atoms with Crippen LogP contribution in [0.4, 0.5) is 0 Å². The molecule has 4 aromatic rings. The van der Waals surface area contributed by atoms with Crippen molar-refractivity contribution in [2.45, 2.75) is 26.6 Å². The summed E-state index contributed by atoms with van der Waals surface area (Å²) in [6.07, 6.45) is 7.32. The highest BCUT2D eigenvalue weighted by Gasteiger charge is 2.31. The average Bonchev–Trinajstić information content (AvgIpc) is 3.49. The van der Waals surface area contributed by atoms with Crippen molar-refractivity contribution in [2.24, 2.45) is 7.05 Å². The zero-order valence-corrected chi connectivity index (χ0v) is 18.1. The molecule has 0 bridgehead atoms. The Morgan fingerprint density at radius 3 is 2.69 bits per heavy atom. The van der Waals surface area contributed by atoms with E-state index in [1.54, 1.807) is 17.1 Å². The Kier molecular flexibility index (Phi) is 5.18. The normalized spacial score (nSPS) is 12.9. The van der Waals surface area contributed by atoms with E-state index >= 15 is 0 Å². The molecule has 0 atom stereocenters. The van der Waals surface area contributed by atoms with Gasteiger partial charge in [-0.1, -0.05) is 24.3 Å². The average molecular weight is 428 g/mol. The van der Waals surface area contributed by atoms with Gasteiger partial charge in [0.25, 0.3) is 5.91 Å². The van der Waals surface area contributed by atoms with Crippen LogP contribution in [0.15, 0.2) is 61.2 Å². The van der Waals surface area contributed by atoms with Gasteiger partial charge in [-0.2, -0.15) is 10.2 Å². The molecular formula is C24H24N6O2. The number of hydrogen-bond acceptors (Lipinski definition) is 5. The van der Waals surface area contributed by atoms with Gasteiger partial charge in [0.05, 0.1) is 12.2 Å². The van der Waals surface area contributed by atoms with E-state index in [9.17, 15) is 4.79 Å². The summed E-state index contributed by atoms with van der Waals surface area (Å²) in [5, 5.41) is 8.57. The summed E-state index contributed by atoms with van der Waals surface area (Å²) in [6, 6.07) is 12.1. The number of pyridine rings is 1. The van der Waals surface area contributed by atoms with E-state index in [-0.39, 0.29) is 5.91 Å². The second kappa shape index (κ2) is 8.30. The van der Waals surface area contributed by atoms with Crippen LogP contribution in [0.1, 0.15) is 27.2 Å². The number of aromatic nitrogens is 5. The van der Waals surface area contributed by atoms with Crippen LogP contribution in [-0.2, 0) is 26.7 Å². The van der Waals surface area contributed by atoms with Crippen molar-refractivity contribution in [1.82, 2.24) is 29.4 Å². The summed E-state index contributed by atoms with van der Waals surface area (Å²) in [5.41, 5.74) is 5.82. The number of fused-ring (bicyclic) bond motifs is 1. The van der Waals surface area contributed by atoms with Crippen molar-refractivity contribution in [1.29, 1.82) is 0 Å². The quantitative estimate of drug-likeness (QED) is 0.452. The molecule has 8 nitrogen and oxygen atoms in total. The minimum atomic E-state index is -0.0469. The zero-order chi connectivity index (χ0) is 22.1. The predicted octanol–water partition coefficient (Wildman–Crippen LogP) is 3.22. The molecular weight excluding hydrogens is 404 g/mol. The fourth-order valence-corrected chi connectivity index (χ4v) is 4.08. The Balaban J connectivity index is 1.27. The van der Waals surface area contributed by atoms with Crippen LogP contribution in [0.25, 0.3) is 11.1 Å². The molecule has 0 unspecified atom stereocenters. The molecule has 0 N–H and O–H groups in total. The lowest BCUT2D eigenvalue weighted by Gasteiger charge is -2.16. The van der Waals surface area contributed by atoms with Crippen molar-refractivity contribution >= 4 is 5.91 Å². The van der Waals surface area contributed by atoms with E-state index < -0.39 is 0 Å². The largest absolute Gasteiger partial charge is 0.475 e. The summed E-state index contributed by atoms with van der Waals surface area (Å²) in [5.74, 6) is 0.346. The highest BCUT2D eigenvalue weighted by atomic mass is 16.5. The topological polar surface area (TPSA) is 78.1 Å². The molecule has 0 radical (unpaired) electrons. The van der Waals surface area contributed by atoms with Gasteiger partial charge < -0.3 is 9.64 Å². The monoisotopic (exact) mass is 428 g/mol. The molecule has 1 aliphatic heterocycles. The van der Waals surface area contributed by atoms with Gasteiger partial charge in [0.2, 0.25) is 5.88 Å². The lowest BCUT2D eigenvalue weighted by molar-refractivity contribution is 0.0762. The number of ether oxygens (including phenoxy) is 1. The zero-order valence-electron chi connectivity index (χ0n) is 18.1. The van der Waals surface area contributed by atoms with Crippen molar-refractivity contribution in [3.8, 4) is 17.0 Å². The van der Waals surface area contributed by atoms with Gasteiger partial charge in [-0.15, -0.1) is 0 Å². The number of nitrogens with zero attached hydrogens (tertiary/aromatic N) is 6. The van der Waals surface area contributed by atoms with Crippen molar-refractivity contribution in [2.75, 3.05) is 6.61 Å². The van der Waals surface area contributed by atoms with Gasteiger partial charge in [0.15, 0.2) is 0 Å². The molecule has 0 saturated heterocycles. The lowest BCUT2D eigenvalue weighted by atomic mass is 10.0. The second-order valence-corrected chi connectivity index (χ2v) is 7.93. The number of hydrogen-bond donors (Lipinski definition) is 0. The van der Waals surface area contributed by atoms with Crippen LogP contribution in [0.2, 0.25) is 0 Å². The number of carbonyl (C=O) groups excluding carboxylic acids is 1. The minimum absolute atomic E-state index is 0.0469. The van der Waals surface area contributed by atoms with E-state index in [0.717, 1.165) is 27.9 Å². The predicted molar refractivity (Wildman–Crippen MR) is 119 cm³/mol. The van der Waals surface area contributed by atoms with E-state index in [1.165, 1.54) is 0 Å². The van der Waals surface area contributed by atoms with E-state index in [1.807, 2.05) is 48.1 Å². The van der Waals surface area contributed by atoms with Crippen LogP contribution in [0, 0.1) is 6.92 Å². The number of amides is 1. The summed E-state index contributed by atoms with van der Waals surface area (Å²) in [6.45, 7) is 4.08. The van der Waals surface area contributed by atoms with Crippen LogP contribution in [-0.4, -0.2) is 42.0 Å². The molecule has 5 rings (SSSR count). The van der Waals surface area contributed by atoms with E-state index in [2.05, 4.69) is 39.4 Å². The SMILES string of the molecule is Cc1nn(C)cc1-c1ccc(CN2Cc3ccnc(OCCn4cccn4)c3C2=O)cc1. The molecule has 0 aliphatic carbocycles. The standard InChI is InChI=1S/C24H24N6O2/c1-17-21(16-28(2)27-17)19-6-4-18(5-7-19)14-29-15-20-8-10-25-23(22(20)24(29)31)32-13-12-30-11-3-9-26-30/h3-11,16H,12-15H2,1-2H3. The smallest absolute Gasteiger partial charge is 0.260 e. The first-order chi connectivity index (χ1) is 15.6. The maximum atomic E-state index is 13.1. The Labute approximate surface area is 186 Å². The third-order valence-corrected chi connectivity index (χ3v) is 5.63. The van der Waals surface area contributed by atoms with Crippen molar-refractivity contribution < 1.29 is 9.53 Å². The van der Waals surface area contributed by atoms with Gasteiger partial charge in [0, 0.05) is 50.5 Å². The maximum absolute atomic E-state index is 13.1. The molecule has 1 amide bonds. The fraction of sp³-hybridized carbons (Fsp3) is 0.250. The fourth-order valence-electron chi connectivity index (χ4n) is 4.08.